The van der Waals surface area contributed by atoms with Gasteiger partial charge in [-0.2, -0.15) is 0 Å². The number of hydrogen-bond acceptors (Lipinski definition) is 4. The predicted molar refractivity (Wildman–Crippen MR) is 77.4 cm³/mol. The molecule has 98 valence electrons. The van der Waals surface area contributed by atoms with Gasteiger partial charge in [0.05, 0.1) is 4.47 Å². The summed E-state index contributed by atoms with van der Waals surface area (Å²) < 4.78 is 0.389. The fourth-order valence-corrected chi connectivity index (χ4v) is 2.53. The first-order chi connectivity index (χ1) is 9.06. The molecule has 0 spiro atoms. The normalized spacial score (nSPS) is 10.4. The molecule has 1 heterocycles. The molecular formula is C13H11BrN2O2S. The maximum atomic E-state index is 11.0. The van der Waals surface area contributed by atoms with Gasteiger partial charge in [0.2, 0.25) is 0 Å². The van der Waals surface area contributed by atoms with E-state index in [1.807, 2.05) is 31.2 Å². The molecule has 19 heavy (non-hydrogen) atoms. The van der Waals surface area contributed by atoms with Crippen LogP contribution < -0.4 is 0 Å². The van der Waals surface area contributed by atoms with Crippen molar-refractivity contribution in [3.05, 3.63) is 51.8 Å². The van der Waals surface area contributed by atoms with Gasteiger partial charge >= 0.3 is 5.97 Å². The smallest absolute Gasteiger partial charge is 0.355 e. The first-order valence-corrected chi connectivity index (χ1v) is 7.28. The van der Waals surface area contributed by atoms with Crippen molar-refractivity contribution in [2.45, 2.75) is 17.8 Å². The number of thioether (sulfide) groups is 1. The molecule has 2 aromatic rings. The molecule has 0 saturated carbocycles. The Morgan fingerprint density at radius 2 is 2.05 bits per heavy atom. The Labute approximate surface area is 123 Å². The SMILES string of the molecule is Cc1ccc(CSc2ncc(Br)c(C(=O)O)n2)cc1. The second-order valence-electron chi connectivity index (χ2n) is 3.93. The molecule has 0 unspecified atom stereocenters. The van der Waals surface area contributed by atoms with E-state index in [4.69, 9.17) is 5.11 Å². The van der Waals surface area contributed by atoms with E-state index < -0.39 is 5.97 Å². The summed E-state index contributed by atoms with van der Waals surface area (Å²) >= 11 is 4.53. The largest absolute Gasteiger partial charge is 0.476 e. The van der Waals surface area contributed by atoms with Gasteiger partial charge in [-0.3, -0.25) is 0 Å². The maximum Gasteiger partial charge on any atom is 0.355 e. The molecule has 0 fully saturated rings. The number of carbonyl (C=O) groups is 1. The Hall–Kier alpha value is -1.40. The average Bonchev–Trinajstić information content (AvgIpc) is 2.39. The Kier molecular flexibility index (Phi) is 4.55. The van der Waals surface area contributed by atoms with Crippen molar-refractivity contribution < 1.29 is 9.90 Å². The lowest BCUT2D eigenvalue weighted by atomic mass is 10.2. The lowest BCUT2D eigenvalue weighted by Gasteiger charge is -2.03. The number of carboxylic acid groups (broad SMARTS) is 1. The number of rotatable bonds is 4. The summed E-state index contributed by atoms with van der Waals surface area (Å²) in [5.74, 6) is -0.354. The molecule has 0 aliphatic heterocycles. The minimum atomic E-state index is -1.06. The molecule has 4 nitrogen and oxygen atoms in total. The zero-order valence-corrected chi connectivity index (χ0v) is 12.5. The van der Waals surface area contributed by atoms with E-state index in [0.29, 0.717) is 15.4 Å². The molecule has 0 aliphatic carbocycles. The van der Waals surface area contributed by atoms with Crippen LogP contribution >= 0.6 is 27.7 Å². The van der Waals surface area contributed by atoms with E-state index >= 15 is 0 Å². The minimum absolute atomic E-state index is 0.0126. The zero-order valence-electron chi connectivity index (χ0n) is 10.1. The van der Waals surface area contributed by atoms with Gasteiger partial charge in [-0.25, -0.2) is 14.8 Å². The van der Waals surface area contributed by atoms with E-state index in [2.05, 4.69) is 25.9 Å². The number of nitrogens with zero attached hydrogens (tertiary/aromatic N) is 2. The molecular weight excluding hydrogens is 328 g/mol. The zero-order chi connectivity index (χ0) is 13.8. The molecule has 6 heteroatoms. The third kappa shape index (κ3) is 3.78. The molecule has 1 aromatic carbocycles. The molecule has 1 N–H and O–H groups in total. The van der Waals surface area contributed by atoms with Crippen LogP contribution in [-0.2, 0) is 5.75 Å². The van der Waals surface area contributed by atoms with E-state index in [1.165, 1.54) is 23.5 Å². The fraction of sp³-hybridized carbons (Fsp3) is 0.154. The van der Waals surface area contributed by atoms with Crippen LogP contribution in [0.15, 0.2) is 40.1 Å². The Balaban J connectivity index is 2.09. The quantitative estimate of drug-likeness (QED) is 0.682. The van der Waals surface area contributed by atoms with E-state index in [-0.39, 0.29) is 5.69 Å². The molecule has 0 amide bonds. The van der Waals surface area contributed by atoms with Gasteiger partial charge in [0.1, 0.15) is 0 Å². The highest BCUT2D eigenvalue weighted by atomic mass is 79.9. The number of benzene rings is 1. The summed E-state index contributed by atoms with van der Waals surface area (Å²) in [6.45, 7) is 2.04. The van der Waals surface area contributed by atoms with Crippen LogP contribution in [-0.4, -0.2) is 21.0 Å². The molecule has 0 aliphatic rings. The molecule has 0 atom stereocenters. The number of aryl methyl sites for hydroxylation is 1. The average molecular weight is 339 g/mol. The van der Waals surface area contributed by atoms with E-state index in [0.717, 1.165) is 5.56 Å². The Morgan fingerprint density at radius 1 is 1.37 bits per heavy atom. The second kappa shape index (κ2) is 6.16. The Bertz CT molecular complexity index is 602. The number of halogens is 1. The highest BCUT2D eigenvalue weighted by molar-refractivity contribution is 9.10. The molecule has 0 radical (unpaired) electrons. The van der Waals surface area contributed by atoms with Gasteiger partial charge in [-0.05, 0) is 28.4 Å². The predicted octanol–water partition coefficient (Wildman–Crippen LogP) is 3.54. The highest BCUT2D eigenvalue weighted by Gasteiger charge is 2.12. The van der Waals surface area contributed by atoms with Crippen LogP contribution in [0.2, 0.25) is 0 Å². The van der Waals surface area contributed by atoms with Crippen molar-refractivity contribution in [1.82, 2.24) is 9.97 Å². The minimum Gasteiger partial charge on any atom is -0.476 e. The van der Waals surface area contributed by atoms with Crippen LogP contribution in [0.5, 0.6) is 0 Å². The van der Waals surface area contributed by atoms with Crippen LogP contribution in [0.3, 0.4) is 0 Å². The van der Waals surface area contributed by atoms with Crippen molar-refractivity contribution in [3.63, 3.8) is 0 Å². The summed E-state index contributed by atoms with van der Waals surface area (Å²) in [6.07, 6.45) is 1.47. The highest BCUT2D eigenvalue weighted by Crippen LogP contribution is 2.22. The lowest BCUT2D eigenvalue weighted by molar-refractivity contribution is 0.0688. The molecule has 1 aromatic heterocycles. The van der Waals surface area contributed by atoms with Crippen LogP contribution in [0.4, 0.5) is 0 Å². The van der Waals surface area contributed by atoms with Crippen molar-refractivity contribution in [2.24, 2.45) is 0 Å². The number of aromatic nitrogens is 2. The third-order valence-corrected chi connectivity index (χ3v) is 3.93. The summed E-state index contributed by atoms with van der Waals surface area (Å²) in [5.41, 5.74) is 2.35. The number of carboxylic acids is 1. The van der Waals surface area contributed by atoms with Crippen molar-refractivity contribution >= 4 is 33.7 Å². The van der Waals surface area contributed by atoms with Gasteiger partial charge < -0.3 is 5.11 Å². The van der Waals surface area contributed by atoms with Gasteiger partial charge in [0.25, 0.3) is 0 Å². The standard InChI is InChI=1S/C13H11BrN2O2S/c1-8-2-4-9(5-3-8)7-19-13-15-6-10(14)11(16-13)12(17)18/h2-6H,7H2,1H3,(H,17,18). The van der Waals surface area contributed by atoms with Crippen molar-refractivity contribution in [3.8, 4) is 0 Å². The lowest BCUT2D eigenvalue weighted by Crippen LogP contribution is -2.03. The van der Waals surface area contributed by atoms with E-state index in [9.17, 15) is 4.79 Å². The summed E-state index contributed by atoms with van der Waals surface area (Å²) in [6, 6.07) is 8.17. The van der Waals surface area contributed by atoms with Gasteiger partial charge in [0, 0.05) is 11.9 Å². The van der Waals surface area contributed by atoms with Crippen molar-refractivity contribution in [2.75, 3.05) is 0 Å². The third-order valence-electron chi connectivity index (χ3n) is 2.41. The fourth-order valence-electron chi connectivity index (χ4n) is 1.40. The Morgan fingerprint density at radius 3 is 2.68 bits per heavy atom. The first kappa shape index (κ1) is 14.0. The first-order valence-electron chi connectivity index (χ1n) is 5.50. The maximum absolute atomic E-state index is 11.0. The summed E-state index contributed by atoms with van der Waals surface area (Å²) in [4.78, 5) is 19.1. The number of aromatic carboxylic acids is 1. The van der Waals surface area contributed by atoms with Crippen LogP contribution in [0.1, 0.15) is 21.6 Å². The monoisotopic (exact) mass is 338 g/mol. The summed E-state index contributed by atoms with van der Waals surface area (Å²) in [7, 11) is 0. The molecule has 0 bridgehead atoms. The van der Waals surface area contributed by atoms with Crippen LogP contribution in [0, 0.1) is 6.92 Å². The topological polar surface area (TPSA) is 63.1 Å². The number of hydrogen-bond donors (Lipinski definition) is 1. The van der Waals surface area contributed by atoms with Crippen LogP contribution in [0.25, 0.3) is 0 Å². The van der Waals surface area contributed by atoms with E-state index in [1.54, 1.807) is 0 Å². The van der Waals surface area contributed by atoms with Gasteiger partial charge in [0.15, 0.2) is 10.9 Å². The second-order valence-corrected chi connectivity index (χ2v) is 5.73. The van der Waals surface area contributed by atoms with Crippen molar-refractivity contribution in [1.29, 1.82) is 0 Å². The molecule has 0 saturated heterocycles. The molecule has 2 rings (SSSR count). The summed E-state index contributed by atoms with van der Waals surface area (Å²) in [5, 5.41) is 9.44. The van der Waals surface area contributed by atoms with Gasteiger partial charge in [-0.15, -0.1) is 0 Å². The van der Waals surface area contributed by atoms with Gasteiger partial charge in [-0.1, -0.05) is 41.6 Å².